The molecule has 0 aliphatic rings. The predicted octanol–water partition coefficient (Wildman–Crippen LogP) is 0.917. The highest BCUT2D eigenvalue weighted by atomic mass is 32.2. The van der Waals surface area contributed by atoms with E-state index in [9.17, 15) is 18.5 Å². The van der Waals surface area contributed by atoms with Crippen LogP contribution in [-0.4, -0.2) is 40.2 Å². The number of rotatable bonds is 7. The quantitative estimate of drug-likeness (QED) is 0.592. The largest absolute Gasteiger partial charge is 0.495 e. The van der Waals surface area contributed by atoms with Crippen LogP contribution in [0.25, 0.3) is 0 Å². The lowest BCUT2D eigenvalue weighted by Gasteiger charge is -2.13. The number of hydrogen-bond acceptors (Lipinski definition) is 6. The summed E-state index contributed by atoms with van der Waals surface area (Å²) in [6.07, 6.45) is -0.325. The van der Waals surface area contributed by atoms with E-state index in [1.54, 1.807) is 6.92 Å². The summed E-state index contributed by atoms with van der Waals surface area (Å²) >= 11 is 0. The van der Waals surface area contributed by atoms with E-state index < -0.39 is 14.9 Å². The lowest BCUT2D eigenvalue weighted by atomic mass is 10.3. The summed E-state index contributed by atoms with van der Waals surface area (Å²) in [5.41, 5.74) is -0.328. The highest BCUT2D eigenvalue weighted by Crippen LogP contribution is 2.27. The molecule has 1 rings (SSSR count). The summed E-state index contributed by atoms with van der Waals surface area (Å²) in [4.78, 5) is 9.77. The van der Waals surface area contributed by atoms with Crippen molar-refractivity contribution in [2.24, 2.45) is 0 Å². The van der Waals surface area contributed by atoms with Gasteiger partial charge in [0.2, 0.25) is 10.0 Å². The van der Waals surface area contributed by atoms with Crippen LogP contribution in [0.4, 0.5) is 5.69 Å². The fourth-order valence-corrected chi connectivity index (χ4v) is 2.68. The number of ether oxygens (including phenoxy) is 2. The standard InChI is InChI=1S/C11H16N2O6S/c1-8(18-2)7-12-20(16,17)11-6-9(13(14)15)4-5-10(11)19-3/h4-6,8,12H,7H2,1-3H3. The molecule has 0 radical (unpaired) electrons. The van der Waals surface area contributed by atoms with Crippen molar-refractivity contribution >= 4 is 15.7 Å². The van der Waals surface area contributed by atoms with Crippen LogP contribution in [0.15, 0.2) is 23.1 Å². The van der Waals surface area contributed by atoms with Crippen LogP contribution in [0, 0.1) is 10.1 Å². The molecule has 0 saturated heterocycles. The van der Waals surface area contributed by atoms with Crippen molar-refractivity contribution in [2.75, 3.05) is 20.8 Å². The summed E-state index contributed by atoms with van der Waals surface area (Å²) in [5, 5.41) is 10.7. The minimum absolute atomic E-state index is 0.0353. The Morgan fingerprint density at radius 1 is 1.40 bits per heavy atom. The lowest BCUT2D eigenvalue weighted by Crippen LogP contribution is -2.31. The summed E-state index contributed by atoms with van der Waals surface area (Å²) in [5.74, 6) is 0.0353. The molecular weight excluding hydrogens is 288 g/mol. The zero-order valence-corrected chi connectivity index (χ0v) is 12.1. The molecule has 0 saturated carbocycles. The van der Waals surface area contributed by atoms with Crippen molar-refractivity contribution in [1.82, 2.24) is 4.72 Å². The smallest absolute Gasteiger partial charge is 0.271 e. The maximum Gasteiger partial charge on any atom is 0.271 e. The van der Waals surface area contributed by atoms with Gasteiger partial charge in [-0.2, -0.15) is 0 Å². The van der Waals surface area contributed by atoms with Gasteiger partial charge in [0.05, 0.1) is 18.1 Å². The van der Waals surface area contributed by atoms with Crippen molar-refractivity contribution in [3.63, 3.8) is 0 Å². The molecule has 1 aromatic rings. The third kappa shape index (κ3) is 3.89. The molecule has 9 heteroatoms. The number of nitrogens with one attached hydrogen (secondary N) is 1. The van der Waals surface area contributed by atoms with E-state index in [4.69, 9.17) is 9.47 Å². The Labute approximate surface area is 116 Å². The topological polar surface area (TPSA) is 108 Å². The number of sulfonamides is 1. The lowest BCUT2D eigenvalue weighted by molar-refractivity contribution is -0.385. The summed E-state index contributed by atoms with van der Waals surface area (Å²) in [6, 6.07) is 3.38. The van der Waals surface area contributed by atoms with Crippen LogP contribution >= 0.6 is 0 Å². The fourth-order valence-electron chi connectivity index (χ4n) is 1.38. The molecule has 1 unspecified atom stereocenters. The second-order valence-electron chi connectivity index (χ2n) is 3.99. The van der Waals surface area contributed by atoms with Crippen LogP contribution in [0.2, 0.25) is 0 Å². The Hall–Kier alpha value is -1.71. The van der Waals surface area contributed by atoms with Crippen LogP contribution in [0.3, 0.4) is 0 Å². The van der Waals surface area contributed by atoms with Crippen molar-refractivity contribution < 1.29 is 22.8 Å². The molecule has 1 N–H and O–H groups in total. The van der Waals surface area contributed by atoms with Gasteiger partial charge in [0.25, 0.3) is 5.69 Å². The van der Waals surface area contributed by atoms with Gasteiger partial charge in [0.15, 0.2) is 0 Å². The Balaban J connectivity index is 3.14. The van der Waals surface area contributed by atoms with Crippen molar-refractivity contribution in [2.45, 2.75) is 17.9 Å². The maximum absolute atomic E-state index is 12.1. The first-order chi connectivity index (χ1) is 9.31. The first-order valence-corrected chi connectivity index (χ1v) is 7.15. The zero-order chi connectivity index (χ0) is 15.3. The number of nitro benzene ring substituents is 1. The van der Waals surface area contributed by atoms with Crippen LogP contribution in [0.5, 0.6) is 5.75 Å². The minimum Gasteiger partial charge on any atom is -0.495 e. The van der Waals surface area contributed by atoms with E-state index in [0.717, 1.165) is 6.07 Å². The van der Waals surface area contributed by atoms with E-state index in [0.29, 0.717) is 0 Å². The first-order valence-electron chi connectivity index (χ1n) is 5.66. The molecule has 0 bridgehead atoms. The summed E-state index contributed by atoms with van der Waals surface area (Å²) in [7, 11) is -1.18. The van der Waals surface area contributed by atoms with Crippen LogP contribution < -0.4 is 9.46 Å². The first kappa shape index (κ1) is 16.3. The molecular formula is C11H16N2O6S. The molecule has 1 aromatic carbocycles. The van der Waals surface area contributed by atoms with Crippen molar-refractivity contribution in [3.05, 3.63) is 28.3 Å². The number of nitrogens with zero attached hydrogens (tertiary/aromatic N) is 1. The molecule has 112 valence electrons. The van der Waals surface area contributed by atoms with Gasteiger partial charge in [-0.25, -0.2) is 13.1 Å². The van der Waals surface area contributed by atoms with E-state index in [1.807, 2.05) is 0 Å². The number of non-ortho nitro benzene ring substituents is 1. The molecule has 1 atom stereocenters. The number of hydrogen-bond donors (Lipinski definition) is 1. The van der Waals surface area contributed by atoms with Crippen molar-refractivity contribution in [3.8, 4) is 5.75 Å². The second-order valence-corrected chi connectivity index (χ2v) is 5.73. The summed E-state index contributed by atoms with van der Waals surface area (Å²) in [6.45, 7) is 1.73. The van der Waals surface area contributed by atoms with Gasteiger partial charge in [-0.05, 0) is 13.0 Å². The van der Waals surface area contributed by atoms with E-state index >= 15 is 0 Å². The molecule has 0 aliphatic carbocycles. The molecule has 0 spiro atoms. The van der Waals surface area contributed by atoms with Crippen LogP contribution in [-0.2, 0) is 14.8 Å². The second kappa shape index (κ2) is 6.64. The molecule has 0 fully saturated rings. The van der Waals surface area contributed by atoms with Crippen LogP contribution in [0.1, 0.15) is 6.92 Å². The third-order valence-corrected chi connectivity index (χ3v) is 4.06. The Kier molecular flexibility index (Phi) is 5.43. The Bertz CT molecular complexity index is 587. The fraction of sp³-hybridized carbons (Fsp3) is 0.455. The van der Waals surface area contributed by atoms with Gasteiger partial charge < -0.3 is 9.47 Å². The molecule has 20 heavy (non-hydrogen) atoms. The van der Waals surface area contributed by atoms with E-state index in [2.05, 4.69) is 4.72 Å². The summed E-state index contributed by atoms with van der Waals surface area (Å²) < 4.78 is 36.4. The Morgan fingerprint density at radius 2 is 2.05 bits per heavy atom. The number of nitro groups is 1. The molecule has 0 amide bonds. The third-order valence-electron chi connectivity index (χ3n) is 2.61. The SMILES string of the molecule is COc1ccc([N+](=O)[O-])cc1S(=O)(=O)NCC(C)OC. The Morgan fingerprint density at radius 3 is 2.55 bits per heavy atom. The molecule has 0 heterocycles. The molecule has 8 nitrogen and oxygen atoms in total. The van der Waals surface area contributed by atoms with E-state index in [-0.39, 0.29) is 29.0 Å². The average molecular weight is 304 g/mol. The number of benzene rings is 1. The van der Waals surface area contributed by atoms with Gasteiger partial charge in [-0.1, -0.05) is 0 Å². The predicted molar refractivity (Wildman–Crippen MR) is 71.3 cm³/mol. The highest BCUT2D eigenvalue weighted by molar-refractivity contribution is 7.89. The van der Waals surface area contributed by atoms with Gasteiger partial charge in [-0.3, -0.25) is 10.1 Å². The normalized spacial score (nSPS) is 12.9. The van der Waals surface area contributed by atoms with Gasteiger partial charge in [0.1, 0.15) is 10.6 Å². The zero-order valence-electron chi connectivity index (χ0n) is 11.3. The minimum atomic E-state index is -3.92. The highest BCUT2D eigenvalue weighted by Gasteiger charge is 2.23. The van der Waals surface area contributed by atoms with Gasteiger partial charge in [-0.15, -0.1) is 0 Å². The van der Waals surface area contributed by atoms with Gasteiger partial charge >= 0.3 is 0 Å². The molecule has 0 aliphatic heterocycles. The average Bonchev–Trinajstić information content (AvgIpc) is 2.43. The monoisotopic (exact) mass is 304 g/mol. The maximum atomic E-state index is 12.1. The van der Waals surface area contributed by atoms with Crippen molar-refractivity contribution in [1.29, 1.82) is 0 Å². The molecule has 0 aromatic heterocycles. The number of methoxy groups -OCH3 is 2. The van der Waals surface area contributed by atoms with E-state index in [1.165, 1.54) is 26.4 Å². The van der Waals surface area contributed by atoms with Gasteiger partial charge in [0, 0.05) is 25.8 Å².